The molecule has 0 aliphatic rings. The molecule has 0 heterocycles. The van der Waals surface area contributed by atoms with Gasteiger partial charge in [-0.2, -0.15) is 0 Å². The molecule has 0 unspecified atom stereocenters. The summed E-state index contributed by atoms with van der Waals surface area (Å²) in [6.45, 7) is 4.97. The van der Waals surface area contributed by atoms with Crippen LogP contribution in [0.25, 0.3) is 0 Å². The number of hydrogen-bond acceptors (Lipinski definition) is 3. The fourth-order valence-electron chi connectivity index (χ4n) is 3.85. The second kappa shape index (κ2) is 25.3. The number of hydrogen-bond donors (Lipinski definition) is 0. The maximum atomic E-state index is 11.0. The summed E-state index contributed by atoms with van der Waals surface area (Å²) in [5, 5.41) is 0. The Morgan fingerprint density at radius 2 is 0.759 bits per heavy atom. The van der Waals surface area contributed by atoms with Crippen molar-refractivity contribution in [3.8, 4) is 0 Å². The highest BCUT2D eigenvalue weighted by Crippen LogP contribution is 2.15. The average Bonchev–Trinajstić information content (AvgIpc) is 2.72. The molecule has 0 saturated heterocycles. The number of carbonyl (C=O) groups excluding carboxylic acids is 1. The van der Waals surface area contributed by atoms with Crippen molar-refractivity contribution in [1.29, 1.82) is 0 Å². The van der Waals surface area contributed by atoms with Crippen LogP contribution in [0.2, 0.25) is 0 Å². The first-order chi connectivity index (χ1) is 14.3. The molecule has 0 bridgehead atoms. The van der Waals surface area contributed by atoms with Crippen LogP contribution in [0.5, 0.6) is 0 Å². The molecule has 0 aromatic heterocycles. The first-order valence-corrected chi connectivity index (χ1v) is 13.1. The standard InChI is InChI=1S/C26H52O3/c1-3-5-6-7-8-9-10-11-12-13-14-15-16-17-18-19-20-21-22-23-24-25-29-26(27)28-4-2/h3-25H2,1-2H3. The van der Waals surface area contributed by atoms with Crippen molar-refractivity contribution >= 4 is 6.16 Å². The van der Waals surface area contributed by atoms with Gasteiger partial charge in [-0.15, -0.1) is 0 Å². The van der Waals surface area contributed by atoms with Crippen molar-refractivity contribution in [2.45, 2.75) is 149 Å². The zero-order valence-corrected chi connectivity index (χ0v) is 20.0. The lowest BCUT2D eigenvalue weighted by Crippen LogP contribution is -2.07. The van der Waals surface area contributed by atoms with E-state index in [0.717, 1.165) is 12.8 Å². The van der Waals surface area contributed by atoms with E-state index in [0.29, 0.717) is 13.2 Å². The van der Waals surface area contributed by atoms with E-state index in [1.54, 1.807) is 6.92 Å². The number of unbranched alkanes of at least 4 members (excludes halogenated alkanes) is 20. The van der Waals surface area contributed by atoms with Gasteiger partial charge in [0.2, 0.25) is 0 Å². The third-order valence-corrected chi connectivity index (χ3v) is 5.73. The highest BCUT2D eigenvalue weighted by molar-refractivity contribution is 5.59. The van der Waals surface area contributed by atoms with Gasteiger partial charge >= 0.3 is 6.16 Å². The minimum absolute atomic E-state index is 0.387. The Morgan fingerprint density at radius 1 is 0.448 bits per heavy atom. The monoisotopic (exact) mass is 412 g/mol. The summed E-state index contributed by atoms with van der Waals surface area (Å²) in [5.74, 6) is 0. The number of rotatable bonds is 23. The van der Waals surface area contributed by atoms with Gasteiger partial charge in [0.25, 0.3) is 0 Å². The van der Waals surface area contributed by atoms with Crippen molar-refractivity contribution in [3.05, 3.63) is 0 Å². The third kappa shape index (κ3) is 25.2. The molecule has 0 aromatic rings. The molecular weight excluding hydrogens is 360 g/mol. The quantitative estimate of drug-likeness (QED) is 0.124. The zero-order valence-electron chi connectivity index (χ0n) is 20.0. The van der Waals surface area contributed by atoms with Crippen molar-refractivity contribution < 1.29 is 14.3 Å². The Morgan fingerprint density at radius 3 is 1.07 bits per heavy atom. The normalized spacial score (nSPS) is 11.0. The highest BCUT2D eigenvalue weighted by Gasteiger charge is 2.00. The SMILES string of the molecule is CCCCCCCCCCCCCCCCCCCCCCCOC(=O)OCC. The smallest absolute Gasteiger partial charge is 0.435 e. The van der Waals surface area contributed by atoms with Crippen LogP contribution in [0.15, 0.2) is 0 Å². The molecule has 0 aliphatic heterocycles. The predicted molar refractivity (Wildman–Crippen MR) is 126 cm³/mol. The van der Waals surface area contributed by atoms with Gasteiger partial charge < -0.3 is 9.47 Å². The van der Waals surface area contributed by atoms with Crippen LogP contribution in [0.4, 0.5) is 4.79 Å². The van der Waals surface area contributed by atoms with Gasteiger partial charge in [-0.05, 0) is 13.3 Å². The van der Waals surface area contributed by atoms with Crippen molar-refractivity contribution in [2.75, 3.05) is 13.2 Å². The van der Waals surface area contributed by atoms with E-state index < -0.39 is 6.16 Å². The Bertz CT molecular complexity index is 317. The van der Waals surface area contributed by atoms with Gasteiger partial charge in [-0.25, -0.2) is 4.79 Å². The summed E-state index contributed by atoms with van der Waals surface area (Å²) in [6.07, 6.45) is 28.5. The van der Waals surface area contributed by atoms with E-state index in [1.165, 1.54) is 122 Å². The fraction of sp³-hybridized carbons (Fsp3) is 0.962. The van der Waals surface area contributed by atoms with E-state index in [2.05, 4.69) is 6.92 Å². The molecule has 0 atom stereocenters. The first kappa shape index (κ1) is 28.3. The third-order valence-electron chi connectivity index (χ3n) is 5.73. The Labute approximate surface area is 182 Å². The summed E-state index contributed by atoms with van der Waals surface area (Å²) in [7, 11) is 0. The predicted octanol–water partition coefficient (Wildman–Crippen LogP) is 9.37. The minimum atomic E-state index is -0.527. The lowest BCUT2D eigenvalue weighted by molar-refractivity contribution is 0.0578. The van der Waals surface area contributed by atoms with E-state index in [1.807, 2.05) is 0 Å². The molecular formula is C26H52O3. The largest absolute Gasteiger partial charge is 0.508 e. The average molecular weight is 413 g/mol. The van der Waals surface area contributed by atoms with Gasteiger partial charge in [0.05, 0.1) is 13.2 Å². The Hall–Kier alpha value is -0.730. The lowest BCUT2D eigenvalue weighted by Gasteiger charge is -2.05. The van der Waals surface area contributed by atoms with Crippen molar-refractivity contribution in [2.24, 2.45) is 0 Å². The van der Waals surface area contributed by atoms with Crippen LogP contribution in [0, 0.1) is 0 Å². The molecule has 0 radical (unpaired) electrons. The lowest BCUT2D eigenvalue weighted by atomic mass is 10.0. The second-order valence-corrected chi connectivity index (χ2v) is 8.60. The van der Waals surface area contributed by atoms with Crippen LogP contribution in [0.3, 0.4) is 0 Å². The molecule has 3 heteroatoms. The van der Waals surface area contributed by atoms with Crippen molar-refractivity contribution in [1.82, 2.24) is 0 Å². The van der Waals surface area contributed by atoms with Gasteiger partial charge in [0.15, 0.2) is 0 Å². The van der Waals surface area contributed by atoms with E-state index >= 15 is 0 Å². The molecule has 0 fully saturated rings. The minimum Gasteiger partial charge on any atom is -0.435 e. The number of carbonyl (C=O) groups is 1. The molecule has 174 valence electrons. The van der Waals surface area contributed by atoms with Gasteiger partial charge in [-0.1, -0.05) is 135 Å². The Balaban J connectivity index is 3.02. The molecule has 0 aromatic carbocycles. The first-order valence-electron chi connectivity index (χ1n) is 13.1. The van der Waals surface area contributed by atoms with Crippen LogP contribution in [0.1, 0.15) is 149 Å². The molecule has 0 aliphatic carbocycles. The molecule has 0 rings (SSSR count). The van der Waals surface area contributed by atoms with E-state index in [4.69, 9.17) is 9.47 Å². The molecule has 29 heavy (non-hydrogen) atoms. The van der Waals surface area contributed by atoms with Crippen LogP contribution in [-0.2, 0) is 9.47 Å². The maximum Gasteiger partial charge on any atom is 0.508 e. The summed E-state index contributed by atoms with van der Waals surface area (Å²) in [5.41, 5.74) is 0. The zero-order chi connectivity index (χ0) is 21.3. The topological polar surface area (TPSA) is 35.5 Å². The van der Waals surface area contributed by atoms with Crippen molar-refractivity contribution in [3.63, 3.8) is 0 Å². The van der Waals surface area contributed by atoms with Crippen LogP contribution in [-0.4, -0.2) is 19.4 Å². The number of ether oxygens (including phenoxy) is 2. The van der Waals surface area contributed by atoms with Crippen LogP contribution >= 0.6 is 0 Å². The summed E-state index contributed by atoms with van der Waals surface area (Å²) < 4.78 is 9.69. The summed E-state index contributed by atoms with van der Waals surface area (Å²) in [4.78, 5) is 11.0. The summed E-state index contributed by atoms with van der Waals surface area (Å²) in [6, 6.07) is 0. The summed E-state index contributed by atoms with van der Waals surface area (Å²) >= 11 is 0. The van der Waals surface area contributed by atoms with Crippen LogP contribution < -0.4 is 0 Å². The van der Waals surface area contributed by atoms with Gasteiger partial charge in [0, 0.05) is 0 Å². The van der Waals surface area contributed by atoms with E-state index in [9.17, 15) is 4.79 Å². The van der Waals surface area contributed by atoms with E-state index in [-0.39, 0.29) is 0 Å². The fourth-order valence-corrected chi connectivity index (χ4v) is 3.85. The second-order valence-electron chi connectivity index (χ2n) is 8.60. The van der Waals surface area contributed by atoms with Gasteiger partial charge in [-0.3, -0.25) is 0 Å². The highest BCUT2D eigenvalue weighted by atomic mass is 16.7. The molecule has 0 spiro atoms. The Kier molecular flexibility index (Phi) is 24.7. The molecule has 3 nitrogen and oxygen atoms in total. The van der Waals surface area contributed by atoms with Gasteiger partial charge in [0.1, 0.15) is 0 Å². The molecule has 0 saturated carbocycles. The maximum absolute atomic E-state index is 11.0. The molecule has 0 amide bonds. The molecule has 0 N–H and O–H groups in total.